The van der Waals surface area contributed by atoms with Gasteiger partial charge in [0.25, 0.3) is 5.91 Å². The van der Waals surface area contributed by atoms with E-state index in [9.17, 15) is 9.18 Å². The summed E-state index contributed by atoms with van der Waals surface area (Å²) in [5.74, 6) is 0.187. The molecule has 0 aliphatic rings. The third-order valence-electron chi connectivity index (χ3n) is 2.98. The van der Waals surface area contributed by atoms with Crippen LogP contribution in [0, 0.1) is 17.7 Å². The van der Waals surface area contributed by atoms with Gasteiger partial charge in [-0.3, -0.25) is 4.79 Å². The second-order valence-corrected chi connectivity index (χ2v) is 4.67. The molecule has 0 aliphatic heterocycles. The normalized spacial score (nSPS) is 12.5. The molecule has 1 atom stereocenters. The Morgan fingerprint density at radius 2 is 2.06 bits per heavy atom. The minimum absolute atomic E-state index is 0.00504. The highest BCUT2D eigenvalue weighted by atomic mass is 19.1. The summed E-state index contributed by atoms with van der Waals surface area (Å²) in [6, 6.07) is 3.99. The average Bonchev–Trinajstić information content (AvgIpc) is 2.28. The van der Waals surface area contributed by atoms with Crippen molar-refractivity contribution >= 4 is 11.6 Å². The van der Waals surface area contributed by atoms with Gasteiger partial charge in [0.1, 0.15) is 5.82 Å². The summed E-state index contributed by atoms with van der Waals surface area (Å²) in [5.41, 5.74) is 5.79. The first-order valence-electron chi connectivity index (χ1n) is 5.75. The zero-order valence-corrected chi connectivity index (χ0v) is 10.5. The Kier molecular flexibility index (Phi) is 4.49. The van der Waals surface area contributed by atoms with Crippen molar-refractivity contribution in [3.63, 3.8) is 0 Å². The van der Waals surface area contributed by atoms with Crippen LogP contribution >= 0.6 is 0 Å². The zero-order chi connectivity index (χ0) is 13.0. The summed E-state index contributed by atoms with van der Waals surface area (Å²) in [7, 11) is 0. The number of halogens is 1. The number of rotatable bonds is 4. The van der Waals surface area contributed by atoms with Crippen molar-refractivity contribution in [1.82, 2.24) is 5.32 Å². The maximum absolute atomic E-state index is 12.9. The molecule has 0 heterocycles. The van der Waals surface area contributed by atoms with Crippen LogP contribution in [0.25, 0.3) is 0 Å². The Balaban J connectivity index is 2.61. The zero-order valence-electron chi connectivity index (χ0n) is 10.5. The fourth-order valence-corrected chi connectivity index (χ4v) is 1.28. The largest absolute Gasteiger partial charge is 0.396 e. The van der Waals surface area contributed by atoms with Gasteiger partial charge in [-0.1, -0.05) is 20.8 Å². The molecule has 3 N–H and O–H groups in total. The summed E-state index contributed by atoms with van der Waals surface area (Å²) in [4.78, 5) is 11.7. The molecule has 0 saturated carbocycles. The van der Waals surface area contributed by atoms with Crippen molar-refractivity contribution in [3.05, 3.63) is 29.6 Å². The van der Waals surface area contributed by atoms with Gasteiger partial charge in [-0.05, 0) is 30.0 Å². The van der Waals surface area contributed by atoms with Gasteiger partial charge < -0.3 is 11.1 Å². The molecule has 17 heavy (non-hydrogen) atoms. The molecule has 94 valence electrons. The number of anilines is 1. The molecule has 1 amide bonds. The number of amides is 1. The van der Waals surface area contributed by atoms with Crippen LogP contribution in [-0.4, -0.2) is 12.5 Å². The van der Waals surface area contributed by atoms with E-state index in [2.05, 4.69) is 26.1 Å². The Morgan fingerprint density at radius 1 is 1.41 bits per heavy atom. The van der Waals surface area contributed by atoms with Crippen molar-refractivity contribution in [1.29, 1.82) is 0 Å². The van der Waals surface area contributed by atoms with Crippen LogP contribution in [0.15, 0.2) is 18.2 Å². The number of hydrogen-bond acceptors (Lipinski definition) is 2. The van der Waals surface area contributed by atoms with Crippen LogP contribution in [-0.2, 0) is 0 Å². The second kappa shape index (κ2) is 5.66. The van der Waals surface area contributed by atoms with E-state index in [0.717, 1.165) is 0 Å². The Bertz CT molecular complexity index is 404. The highest BCUT2D eigenvalue weighted by Gasteiger charge is 2.11. The van der Waals surface area contributed by atoms with E-state index in [4.69, 9.17) is 5.73 Å². The van der Waals surface area contributed by atoms with Crippen LogP contribution < -0.4 is 11.1 Å². The van der Waals surface area contributed by atoms with Crippen molar-refractivity contribution in [2.45, 2.75) is 20.8 Å². The summed E-state index contributed by atoms with van der Waals surface area (Å²) in [6.45, 7) is 6.89. The van der Waals surface area contributed by atoms with Crippen molar-refractivity contribution in [2.24, 2.45) is 11.8 Å². The highest BCUT2D eigenvalue weighted by molar-refractivity contribution is 5.95. The molecule has 0 spiro atoms. The summed E-state index contributed by atoms with van der Waals surface area (Å²) in [6.07, 6.45) is 0. The lowest BCUT2D eigenvalue weighted by Gasteiger charge is -2.16. The Labute approximate surface area is 101 Å². The quantitative estimate of drug-likeness (QED) is 0.791. The molecule has 3 nitrogen and oxygen atoms in total. The first-order chi connectivity index (χ1) is 7.91. The van der Waals surface area contributed by atoms with Crippen molar-refractivity contribution < 1.29 is 9.18 Å². The van der Waals surface area contributed by atoms with Gasteiger partial charge in [0.2, 0.25) is 0 Å². The standard InChI is InChI=1S/C13H19FN2O/c1-8(2)9(3)7-16-13(17)10-4-5-11(14)12(15)6-10/h4-6,8-9H,7,15H2,1-3H3,(H,16,17). The molecular weight excluding hydrogens is 219 g/mol. The number of carbonyl (C=O) groups excluding carboxylic acids is 1. The second-order valence-electron chi connectivity index (χ2n) is 4.67. The van der Waals surface area contributed by atoms with Gasteiger partial charge in [-0.15, -0.1) is 0 Å². The van der Waals surface area contributed by atoms with Crippen LogP contribution in [0.3, 0.4) is 0 Å². The van der Waals surface area contributed by atoms with Gasteiger partial charge >= 0.3 is 0 Å². The number of nitrogens with two attached hydrogens (primary N) is 1. The molecule has 0 bridgehead atoms. The molecular formula is C13H19FN2O. The molecule has 0 saturated heterocycles. The van der Waals surface area contributed by atoms with Crippen molar-refractivity contribution in [3.8, 4) is 0 Å². The van der Waals surface area contributed by atoms with E-state index < -0.39 is 5.82 Å². The molecule has 1 unspecified atom stereocenters. The van der Waals surface area contributed by atoms with E-state index in [1.165, 1.54) is 18.2 Å². The number of nitrogens with one attached hydrogen (secondary N) is 1. The number of benzene rings is 1. The third-order valence-corrected chi connectivity index (χ3v) is 2.98. The minimum atomic E-state index is -0.503. The van der Waals surface area contributed by atoms with Crippen LogP contribution in [0.2, 0.25) is 0 Å². The monoisotopic (exact) mass is 238 g/mol. The number of carbonyl (C=O) groups is 1. The summed E-state index contributed by atoms with van der Waals surface area (Å²) >= 11 is 0. The lowest BCUT2D eigenvalue weighted by Crippen LogP contribution is -2.30. The van der Waals surface area contributed by atoms with E-state index in [1.807, 2.05) is 0 Å². The van der Waals surface area contributed by atoms with Gasteiger partial charge in [0.05, 0.1) is 5.69 Å². The highest BCUT2D eigenvalue weighted by Crippen LogP contribution is 2.13. The number of hydrogen-bond donors (Lipinski definition) is 2. The molecule has 4 heteroatoms. The van der Waals surface area contributed by atoms with Gasteiger partial charge in [-0.25, -0.2) is 4.39 Å². The first-order valence-corrected chi connectivity index (χ1v) is 5.75. The third kappa shape index (κ3) is 3.73. The Hall–Kier alpha value is -1.58. The van der Waals surface area contributed by atoms with Crippen LogP contribution in [0.1, 0.15) is 31.1 Å². The minimum Gasteiger partial charge on any atom is -0.396 e. The fourth-order valence-electron chi connectivity index (χ4n) is 1.28. The SMILES string of the molecule is CC(C)C(C)CNC(=O)c1ccc(F)c(N)c1. The molecule has 1 aromatic rings. The summed E-state index contributed by atoms with van der Waals surface area (Å²) < 4.78 is 12.9. The molecule has 0 aromatic heterocycles. The maximum atomic E-state index is 12.9. The molecule has 0 radical (unpaired) electrons. The van der Waals surface area contributed by atoms with Crippen LogP contribution in [0.5, 0.6) is 0 Å². The predicted molar refractivity (Wildman–Crippen MR) is 67.1 cm³/mol. The summed E-state index contributed by atoms with van der Waals surface area (Å²) in [5, 5.41) is 2.81. The van der Waals surface area contributed by atoms with Gasteiger partial charge in [0, 0.05) is 12.1 Å². The smallest absolute Gasteiger partial charge is 0.251 e. The van der Waals surface area contributed by atoms with Crippen molar-refractivity contribution in [2.75, 3.05) is 12.3 Å². The van der Waals surface area contributed by atoms with Gasteiger partial charge in [0.15, 0.2) is 0 Å². The van der Waals surface area contributed by atoms with Crippen LogP contribution in [0.4, 0.5) is 10.1 Å². The topological polar surface area (TPSA) is 55.1 Å². The van der Waals surface area contributed by atoms with E-state index in [0.29, 0.717) is 23.9 Å². The van der Waals surface area contributed by atoms with E-state index >= 15 is 0 Å². The lowest BCUT2D eigenvalue weighted by molar-refractivity contribution is 0.0945. The Morgan fingerprint density at radius 3 is 2.59 bits per heavy atom. The maximum Gasteiger partial charge on any atom is 0.251 e. The predicted octanol–water partition coefficient (Wildman–Crippen LogP) is 2.43. The average molecular weight is 238 g/mol. The van der Waals surface area contributed by atoms with E-state index in [1.54, 1.807) is 0 Å². The van der Waals surface area contributed by atoms with Gasteiger partial charge in [-0.2, -0.15) is 0 Å². The molecule has 1 aromatic carbocycles. The van der Waals surface area contributed by atoms with E-state index in [-0.39, 0.29) is 11.6 Å². The fraction of sp³-hybridized carbons (Fsp3) is 0.462. The number of nitrogen functional groups attached to an aromatic ring is 1. The lowest BCUT2D eigenvalue weighted by atomic mass is 9.98. The molecule has 1 rings (SSSR count). The first kappa shape index (κ1) is 13.5. The molecule has 0 fully saturated rings. The molecule has 0 aliphatic carbocycles.